The van der Waals surface area contributed by atoms with E-state index in [1.165, 1.54) is 12.0 Å². The zero-order valence-electron chi connectivity index (χ0n) is 17.0. The standard InChI is InChI=1S/C22H21ClN2O6/c1-13-19(21(26)29-10-9-28-2)20(14-3-5-15(23)6-4-14)24-22(27)25(13)16-7-8-17-18(11-16)31-12-30-17/h3-8,11,20H,9-10,12H2,1-2H3,(H,24,27)/t20-/m1/s1. The largest absolute Gasteiger partial charge is 0.460 e. The summed E-state index contributed by atoms with van der Waals surface area (Å²) in [6.07, 6.45) is 0. The van der Waals surface area contributed by atoms with Gasteiger partial charge < -0.3 is 24.3 Å². The Morgan fingerprint density at radius 2 is 1.90 bits per heavy atom. The quantitative estimate of drug-likeness (QED) is 0.538. The van der Waals surface area contributed by atoms with Crippen molar-refractivity contribution in [3.8, 4) is 11.5 Å². The Morgan fingerprint density at radius 3 is 2.65 bits per heavy atom. The van der Waals surface area contributed by atoms with Gasteiger partial charge in [-0.3, -0.25) is 4.90 Å². The number of urea groups is 1. The first-order chi connectivity index (χ1) is 15.0. The van der Waals surface area contributed by atoms with Gasteiger partial charge >= 0.3 is 12.0 Å². The molecule has 1 atom stereocenters. The van der Waals surface area contributed by atoms with Gasteiger partial charge in [0.05, 0.1) is 23.9 Å². The zero-order chi connectivity index (χ0) is 22.0. The molecule has 0 bridgehead atoms. The minimum atomic E-state index is -0.690. The molecule has 0 fully saturated rings. The lowest BCUT2D eigenvalue weighted by atomic mass is 9.94. The van der Waals surface area contributed by atoms with E-state index in [0.29, 0.717) is 39.0 Å². The minimum absolute atomic E-state index is 0.0947. The lowest BCUT2D eigenvalue weighted by Gasteiger charge is -2.35. The number of carbonyl (C=O) groups excluding carboxylic acids is 2. The number of amides is 2. The summed E-state index contributed by atoms with van der Waals surface area (Å²) in [5, 5.41) is 3.46. The lowest BCUT2D eigenvalue weighted by molar-refractivity contribution is -0.140. The molecule has 8 nitrogen and oxygen atoms in total. The number of hydrogen-bond donors (Lipinski definition) is 1. The number of nitrogens with zero attached hydrogens (tertiary/aromatic N) is 1. The molecule has 1 N–H and O–H groups in total. The van der Waals surface area contributed by atoms with Crippen LogP contribution in [0.15, 0.2) is 53.7 Å². The summed E-state index contributed by atoms with van der Waals surface area (Å²) >= 11 is 6.01. The number of rotatable bonds is 6. The lowest BCUT2D eigenvalue weighted by Crippen LogP contribution is -2.48. The van der Waals surface area contributed by atoms with E-state index in [9.17, 15) is 9.59 Å². The SMILES string of the molecule is COCCOC(=O)C1=C(C)N(c2ccc3c(c2)OCO3)C(=O)N[C@@H]1c1ccc(Cl)cc1. The van der Waals surface area contributed by atoms with E-state index in [4.69, 9.17) is 30.5 Å². The monoisotopic (exact) mass is 444 g/mol. The minimum Gasteiger partial charge on any atom is -0.460 e. The molecule has 4 rings (SSSR count). The van der Waals surface area contributed by atoms with Gasteiger partial charge in [-0.25, -0.2) is 9.59 Å². The smallest absolute Gasteiger partial charge is 0.338 e. The van der Waals surface area contributed by atoms with Crippen LogP contribution in [-0.2, 0) is 14.3 Å². The number of hydrogen-bond acceptors (Lipinski definition) is 6. The van der Waals surface area contributed by atoms with Crippen molar-refractivity contribution >= 4 is 29.3 Å². The van der Waals surface area contributed by atoms with E-state index >= 15 is 0 Å². The highest BCUT2D eigenvalue weighted by molar-refractivity contribution is 6.30. The number of ether oxygens (including phenoxy) is 4. The second kappa shape index (κ2) is 8.87. The highest BCUT2D eigenvalue weighted by Crippen LogP contribution is 2.39. The van der Waals surface area contributed by atoms with Gasteiger partial charge in [0.2, 0.25) is 6.79 Å². The first-order valence-corrected chi connectivity index (χ1v) is 10.00. The molecule has 162 valence electrons. The van der Waals surface area contributed by atoms with E-state index in [2.05, 4.69) is 5.32 Å². The molecule has 9 heteroatoms. The summed E-state index contributed by atoms with van der Waals surface area (Å²) < 4.78 is 21.1. The maximum atomic E-state index is 13.1. The van der Waals surface area contributed by atoms with E-state index in [1.54, 1.807) is 49.4 Å². The number of fused-ring (bicyclic) bond motifs is 1. The highest BCUT2D eigenvalue weighted by atomic mass is 35.5. The van der Waals surface area contributed by atoms with Crippen molar-refractivity contribution < 1.29 is 28.5 Å². The third kappa shape index (κ3) is 4.17. The van der Waals surface area contributed by atoms with E-state index in [0.717, 1.165) is 0 Å². The molecule has 0 saturated carbocycles. The van der Waals surface area contributed by atoms with Gasteiger partial charge in [0.1, 0.15) is 6.61 Å². The molecular formula is C22H21ClN2O6. The maximum Gasteiger partial charge on any atom is 0.338 e. The summed E-state index contributed by atoms with van der Waals surface area (Å²) in [5.74, 6) is 0.587. The summed E-state index contributed by atoms with van der Waals surface area (Å²) in [6.45, 7) is 2.19. The first kappa shape index (κ1) is 21.0. The number of esters is 1. The molecule has 0 aliphatic carbocycles. The average Bonchev–Trinajstić information content (AvgIpc) is 3.22. The Hall–Kier alpha value is -3.23. The molecular weight excluding hydrogens is 424 g/mol. The summed E-state index contributed by atoms with van der Waals surface area (Å²) in [4.78, 5) is 27.5. The van der Waals surface area contributed by atoms with Crippen molar-refractivity contribution in [3.05, 3.63) is 64.3 Å². The third-order valence-corrected chi connectivity index (χ3v) is 5.29. The number of benzene rings is 2. The first-order valence-electron chi connectivity index (χ1n) is 9.62. The van der Waals surface area contributed by atoms with Crippen molar-refractivity contribution in [2.45, 2.75) is 13.0 Å². The van der Waals surface area contributed by atoms with Gasteiger partial charge in [0.15, 0.2) is 11.5 Å². The van der Waals surface area contributed by atoms with Crippen LogP contribution in [0, 0.1) is 0 Å². The number of carbonyl (C=O) groups is 2. The number of allylic oxidation sites excluding steroid dienone is 1. The number of methoxy groups -OCH3 is 1. The summed E-state index contributed by atoms with van der Waals surface area (Å²) in [7, 11) is 1.52. The van der Waals surface area contributed by atoms with Crippen LogP contribution >= 0.6 is 11.6 Å². The van der Waals surface area contributed by atoms with Gasteiger partial charge in [0, 0.05) is 23.9 Å². The molecule has 2 aliphatic rings. The van der Waals surface area contributed by atoms with Crippen molar-refractivity contribution in [2.75, 3.05) is 32.0 Å². The Bertz CT molecular complexity index is 1040. The van der Waals surface area contributed by atoms with Crippen LogP contribution in [0.4, 0.5) is 10.5 Å². The van der Waals surface area contributed by atoms with Crippen LogP contribution in [-0.4, -0.2) is 39.1 Å². The van der Waals surface area contributed by atoms with Gasteiger partial charge in [-0.2, -0.15) is 0 Å². The Balaban J connectivity index is 1.75. The molecule has 0 saturated heterocycles. The second-order valence-corrected chi connectivity index (χ2v) is 7.37. The van der Waals surface area contributed by atoms with Crippen LogP contribution in [0.3, 0.4) is 0 Å². The van der Waals surface area contributed by atoms with E-state index < -0.39 is 12.0 Å². The van der Waals surface area contributed by atoms with Crippen molar-refractivity contribution in [3.63, 3.8) is 0 Å². The fourth-order valence-electron chi connectivity index (χ4n) is 3.54. The third-order valence-electron chi connectivity index (χ3n) is 5.04. The topological polar surface area (TPSA) is 86.3 Å². The molecule has 0 spiro atoms. The van der Waals surface area contributed by atoms with Crippen LogP contribution in [0.1, 0.15) is 18.5 Å². The number of halogens is 1. The maximum absolute atomic E-state index is 13.1. The summed E-state index contributed by atoms with van der Waals surface area (Å²) in [5.41, 5.74) is 2.01. The number of anilines is 1. The highest BCUT2D eigenvalue weighted by Gasteiger charge is 2.37. The Labute approximate surface area is 184 Å². The van der Waals surface area contributed by atoms with E-state index in [1.807, 2.05) is 0 Å². The second-order valence-electron chi connectivity index (χ2n) is 6.93. The van der Waals surface area contributed by atoms with Crippen LogP contribution in [0.5, 0.6) is 11.5 Å². The molecule has 0 aromatic heterocycles. The number of nitrogens with one attached hydrogen (secondary N) is 1. The van der Waals surface area contributed by atoms with E-state index in [-0.39, 0.29) is 26.0 Å². The fraction of sp³-hybridized carbons (Fsp3) is 0.273. The Morgan fingerprint density at radius 1 is 1.16 bits per heavy atom. The zero-order valence-corrected chi connectivity index (χ0v) is 17.8. The fourth-order valence-corrected chi connectivity index (χ4v) is 3.67. The Kier molecular flexibility index (Phi) is 6.01. The predicted molar refractivity (Wildman–Crippen MR) is 113 cm³/mol. The van der Waals surface area contributed by atoms with Crippen molar-refractivity contribution in [2.24, 2.45) is 0 Å². The average molecular weight is 445 g/mol. The molecule has 2 aromatic rings. The van der Waals surface area contributed by atoms with Gasteiger partial charge in [-0.05, 0) is 36.8 Å². The normalized spacial score (nSPS) is 17.6. The molecule has 2 amide bonds. The summed E-state index contributed by atoms with van der Waals surface area (Å²) in [6, 6.07) is 11.0. The van der Waals surface area contributed by atoms with Gasteiger partial charge in [0.25, 0.3) is 0 Å². The molecule has 2 heterocycles. The molecule has 0 unspecified atom stereocenters. The van der Waals surface area contributed by atoms with Crippen LogP contribution in [0.25, 0.3) is 0 Å². The van der Waals surface area contributed by atoms with Gasteiger partial charge in [-0.15, -0.1) is 0 Å². The molecule has 31 heavy (non-hydrogen) atoms. The van der Waals surface area contributed by atoms with Crippen molar-refractivity contribution in [1.29, 1.82) is 0 Å². The van der Waals surface area contributed by atoms with Gasteiger partial charge in [-0.1, -0.05) is 23.7 Å². The predicted octanol–water partition coefficient (Wildman–Crippen LogP) is 3.80. The van der Waals surface area contributed by atoms with Crippen LogP contribution < -0.4 is 19.7 Å². The van der Waals surface area contributed by atoms with Crippen molar-refractivity contribution in [1.82, 2.24) is 5.32 Å². The molecule has 2 aliphatic heterocycles. The molecule has 0 radical (unpaired) electrons. The van der Waals surface area contributed by atoms with Crippen LogP contribution in [0.2, 0.25) is 5.02 Å². The molecule has 2 aromatic carbocycles.